The minimum Gasteiger partial charge on any atom is -0.459 e. The largest absolute Gasteiger partial charge is 0.459 e. The number of nitrogens with one attached hydrogen (secondary N) is 2. The first kappa shape index (κ1) is 21.7. The van der Waals surface area contributed by atoms with E-state index < -0.39 is 5.91 Å². The van der Waals surface area contributed by atoms with Gasteiger partial charge in [0.2, 0.25) is 0 Å². The summed E-state index contributed by atoms with van der Waals surface area (Å²) >= 11 is 6.38. The van der Waals surface area contributed by atoms with Gasteiger partial charge in [0.1, 0.15) is 24.5 Å². The number of piperazine rings is 1. The number of halogens is 1. The molecule has 172 valence electrons. The van der Waals surface area contributed by atoms with E-state index in [2.05, 4.69) is 20.3 Å². The van der Waals surface area contributed by atoms with E-state index in [4.69, 9.17) is 16.0 Å². The summed E-state index contributed by atoms with van der Waals surface area (Å²) in [5.41, 5.74) is 0.821. The standard InChI is InChI=1S/C24H21ClN6O3/c25-18-6-1-2-7-19(18)31-22(28-23(32)20-8-5-15-34-20)17(16-27-31)24(33)30-13-11-29(12-14-30)21-9-3-4-10-26-21/h1-10,15-16H,11-14H2,(H,28,32)/p+1. The zero-order valence-electron chi connectivity index (χ0n) is 18.1. The van der Waals surface area contributed by atoms with Gasteiger partial charge >= 0.3 is 0 Å². The maximum Gasteiger partial charge on any atom is 0.292 e. The van der Waals surface area contributed by atoms with E-state index in [1.54, 1.807) is 35.2 Å². The van der Waals surface area contributed by atoms with E-state index in [1.807, 2.05) is 30.5 Å². The first-order valence-corrected chi connectivity index (χ1v) is 11.2. The average molecular weight is 478 g/mol. The second-order valence-electron chi connectivity index (χ2n) is 7.73. The van der Waals surface area contributed by atoms with Crippen molar-refractivity contribution in [2.75, 3.05) is 36.4 Å². The zero-order valence-corrected chi connectivity index (χ0v) is 18.9. The van der Waals surface area contributed by atoms with Crippen LogP contribution in [-0.2, 0) is 0 Å². The number of furan rings is 1. The number of amides is 2. The van der Waals surface area contributed by atoms with Crippen molar-refractivity contribution in [2.45, 2.75) is 0 Å². The highest BCUT2D eigenvalue weighted by Crippen LogP contribution is 2.27. The molecule has 4 heterocycles. The van der Waals surface area contributed by atoms with Crippen LogP contribution in [0.25, 0.3) is 5.69 Å². The molecule has 9 nitrogen and oxygen atoms in total. The van der Waals surface area contributed by atoms with Crippen molar-refractivity contribution in [3.63, 3.8) is 0 Å². The number of rotatable bonds is 5. The van der Waals surface area contributed by atoms with Crippen molar-refractivity contribution in [1.82, 2.24) is 14.7 Å². The van der Waals surface area contributed by atoms with Gasteiger partial charge in [0.05, 0.1) is 42.5 Å². The number of carbonyl (C=O) groups is 2. The van der Waals surface area contributed by atoms with Gasteiger partial charge in [0, 0.05) is 6.07 Å². The Labute approximate surface area is 200 Å². The first-order chi connectivity index (χ1) is 16.6. The maximum absolute atomic E-state index is 13.5. The van der Waals surface area contributed by atoms with Crippen molar-refractivity contribution in [2.24, 2.45) is 0 Å². The number of pyridine rings is 1. The summed E-state index contributed by atoms with van der Waals surface area (Å²) in [6.45, 7) is 2.42. The van der Waals surface area contributed by atoms with Gasteiger partial charge < -0.3 is 14.6 Å². The number of aromatic amines is 1. The third-order valence-electron chi connectivity index (χ3n) is 5.66. The zero-order chi connectivity index (χ0) is 23.5. The van der Waals surface area contributed by atoms with Crippen molar-refractivity contribution < 1.29 is 19.0 Å². The van der Waals surface area contributed by atoms with Gasteiger partial charge in [0.15, 0.2) is 5.76 Å². The second kappa shape index (κ2) is 9.40. The summed E-state index contributed by atoms with van der Waals surface area (Å²) in [5, 5.41) is 7.61. The van der Waals surface area contributed by atoms with Crippen LogP contribution in [0.4, 0.5) is 11.6 Å². The van der Waals surface area contributed by atoms with Gasteiger partial charge in [-0.25, -0.2) is 9.67 Å². The van der Waals surface area contributed by atoms with Crippen LogP contribution in [0, 0.1) is 0 Å². The van der Waals surface area contributed by atoms with Gasteiger partial charge in [-0.3, -0.25) is 14.5 Å². The quantitative estimate of drug-likeness (QED) is 0.476. The van der Waals surface area contributed by atoms with Gasteiger partial charge in [-0.2, -0.15) is 5.10 Å². The molecule has 10 heteroatoms. The Kier molecular flexibility index (Phi) is 6.01. The SMILES string of the molecule is O=C(Nc1c(C(=O)N2CCN(c3cccc[nH+]3)CC2)cnn1-c1ccccc1Cl)c1ccco1. The summed E-state index contributed by atoms with van der Waals surface area (Å²) in [6.07, 6.45) is 4.75. The van der Waals surface area contributed by atoms with E-state index in [1.165, 1.54) is 17.1 Å². The van der Waals surface area contributed by atoms with Gasteiger partial charge in [-0.1, -0.05) is 29.8 Å². The Morgan fingerprint density at radius 1 is 1.00 bits per heavy atom. The highest BCUT2D eigenvalue weighted by atomic mass is 35.5. The van der Waals surface area contributed by atoms with E-state index in [0.717, 1.165) is 5.82 Å². The van der Waals surface area contributed by atoms with Crippen LogP contribution in [0.3, 0.4) is 0 Å². The molecule has 1 saturated heterocycles. The summed E-state index contributed by atoms with van der Waals surface area (Å²) < 4.78 is 6.68. The number of para-hydroxylation sites is 1. The van der Waals surface area contributed by atoms with Crippen molar-refractivity contribution in [1.29, 1.82) is 0 Å². The van der Waals surface area contributed by atoms with Crippen molar-refractivity contribution in [3.8, 4) is 5.69 Å². The number of hydrogen-bond donors (Lipinski definition) is 1. The predicted octanol–water partition coefficient (Wildman–Crippen LogP) is 3.15. The highest BCUT2D eigenvalue weighted by Gasteiger charge is 2.30. The molecule has 0 saturated carbocycles. The number of hydrogen-bond acceptors (Lipinski definition) is 5. The van der Waals surface area contributed by atoms with Crippen LogP contribution in [-0.4, -0.2) is 52.7 Å². The Morgan fingerprint density at radius 3 is 2.50 bits per heavy atom. The molecule has 2 amide bonds. The molecular weight excluding hydrogens is 456 g/mol. The molecule has 34 heavy (non-hydrogen) atoms. The molecule has 4 aromatic rings. The monoisotopic (exact) mass is 477 g/mol. The van der Waals surface area contributed by atoms with Crippen LogP contribution < -0.4 is 15.2 Å². The lowest BCUT2D eigenvalue weighted by Gasteiger charge is -2.31. The molecule has 0 atom stereocenters. The fourth-order valence-electron chi connectivity index (χ4n) is 3.91. The van der Waals surface area contributed by atoms with E-state index in [0.29, 0.717) is 36.9 Å². The molecule has 2 N–H and O–H groups in total. The number of anilines is 2. The highest BCUT2D eigenvalue weighted by molar-refractivity contribution is 6.32. The lowest BCUT2D eigenvalue weighted by Crippen LogP contribution is -2.50. The normalized spacial score (nSPS) is 13.7. The van der Waals surface area contributed by atoms with Crippen LogP contribution in [0.5, 0.6) is 0 Å². The minimum absolute atomic E-state index is 0.123. The van der Waals surface area contributed by atoms with E-state index in [-0.39, 0.29) is 23.0 Å². The smallest absolute Gasteiger partial charge is 0.292 e. The fourth-order valence-corrected chi connectivity index (χ4v) is 4.13. The van der Waals surface area contributed by atoms with Gasteiger partial charge in [-0.15, -0.1) is 0 Å². The lowest BCUT2D eigenvalue weighted by atomic mass is 10.2. The molecule has 5 rings (SSSR count). The third kappa shape index (κ3) is 4.25. The third-order valence-corrected chi connectivity index (χ3v) is 5.98. The summed E-state index contributed by atoms with van der Waals surface area (Å²) in [7, 11) is 0. The van der Waals surface area contributed by atoms with Gasteiger partial charge in [-0.05, 0) is 30.3 Å². The molecular formula is C24H22ClN6O3+. The topological polar surface area (TPSA) is 97.8 Å². The minimum atomic E-state index is -0.489. The molecule has 0 unspecified atom stereocenters. The summed E-state index contributed by atoms with van der Waals surface area (Å²) in [4.78, 5) is 33.5. The lowest BCUT2D eigenvalue weighted by molar-refractivity contribution is -0.364. The Bertz CT molecular complexity index is 1300. The fraction of sp³-hybridized carbons (Fsp3) is 0.167. The number of nitrogens with zero attached hydrogens (tertiary/aromatic N) is 4. The van der Waals surface area contributed by atoms with Crippen LogP contribution >= 0.6 is 11.6 Å². The molecule has 1 aromatic carbocycles. The predicted molar refractivity (Wildman–Crippen MR) is 126 cm³/mol. The molecule has 3 aromatic heterocycles. The molecule has 0 radical (unpaired) electrons. The maximum atomic E-state index is 13.5. The van der Waals surface area contributed by atoms with Crippen LogP contribution in [0.2, 0.25) is 5.02 Å². The Hall–Kier alpha value is -4.11. The van der Waals surface area contributed by atoms with Crippen LogP contribution in [0.1, 0.15) is 20.9 Å². The Morgan fingerprint density at radius 2 is 1.79 bits per heavy atom. The number of benzene rings is 1. The number of carbonyl (C=O) groups excluding carboxylic acids is 2. The van der Waals surface area contributed by atoms with Crippen molar-refractivity contribution >= 4 is 35.1 Å². The van der Waals surface area contributed by atoms with Crippen molar-refractivity contribution in [3.05, 3.63) is 89.6 Å². The average Bonchev–Trinajstić information content (AvgIpc) is 3.55. The molecule has 0 aliphatic carbocycles. The van der Waals surface area contributed by atoms with E-state index >= 15 is 0 Å². The molecule has 1 aliphatic heterocycles. The number of aromatic nitrogens is 3. The second-order valence-corrected chi connectivity index (χ2v) is 8.14. The number of H-pyrrole nitrogens is 1. The molecule has 1 aliphatic rings. The first-order valence-electron chi connectivity index (χ1n) is 10.8. The Balaban J connectivity index is 1.42. The van der Waals surface area contributed by atoms with Gasteiger partial charge in [0.25, 0.3) is 17.6 Å². The summed E-state index contributed by atoms with van der Waals surface area (Å²) in [6, 6.07) is 16.2. The summed E-state index contributed by atoms with van der Waals surface area (Å²) in [5.74, 6) is 0.658. The molecule has 0 spiro atoms. The van der Waals surface area contributed by atoms with Crippen LogP contribution in [0.15, 0.2) is 77.7 Å². The molecule has 1 fully saturated rings. The molecule has 0 bridgehead atoms. The van der Waals surface area contributed by atoms with E-state index in [9.17, 15) is 9.59 Å².